The number of urea groups is 1. The number of amides is 2. The first-order valence-electron chi connectivity index (χ1n) is 12.4. The second kappa shape index (κ2) is 9.64. The van der Waals surface area contributed by atoms with Crippen molar-refractivity contribution in [2.75, 3.05) is 5.32 Å². The number of aliphatic hydroxyl groups is 1. The molecule has 0 fully saturated rings. The van der Waals surface area contributed by atoms with E-state index in [0.29, 0.717) is 33.9 Å². The minimum Gasteiger partial charge on any atom is -0.391 e. The van der Waals surface area contributed by atoms with Gasteiger partial charge in [0.15, 0.2) is 11.6 Å². The van der Waals surface area contributed by atoms with Crippen LogP contribution in [0.4, 0.5) is 19.3 Å². The zero-order valence-electron chi connectivity index (χ0n) is 21.6. The summed E-state index contributed by atoms with van der Waals surface area (Å²) in [5.41, 5.74) is 4.31. The molecule has 2 atom stereocenters. The monoisotopic (exact) mass is 517 g/mol. The Balaban J connectivity index is 1.49. The first-order valence-corrected chi connectivity index (χ1v) is 12.4. The number of rotatable bonds is 4. The number of nitrogens with zero attached hydrogens (tertiary/aromatic N) is 3. The van der Waals surface area contributed by atoms with E-state index in [9.17, 15) is 18.7 Å². The van der Waals surface area contributed by atoms with E-state index in [1.807, 2.05) is 76.5 Å². The summed E-state index contributed by atoms with van der Waals surface area (Å²) in [4.78, 5) is 18.1. The van der Waals surface area contributed by atoms with Gasteiger partial charge in [0.05, 0.1) is 29.2 Å². The van der Waals surface area contributed by atoms with Crippen molar-refractivity contribution >= 4 is 11.7 Å². The van der Waals surface area contributed by atoms with Crippen LogP contribution in [-0.2, 0) is 12.5 Å². The largest absolute Gasteiger partial charge is 0.391 e. The van der Waals surface area contributed by atoms with E-state index in [4.69, 9.17) is 4.98 Å². The van der Waals surface area contributed by atoms with E-state index < -0.39 is 35.2 Å². The summed E-state index contributed by atoms with van der Waals surface area (Å²) in [5.74, 6) is -1.99. The molecule has 5 rings (SSSR count). The molecule has 0 spiro atoms. The number of aromatic nitrogens is 3. The average Bonchev–Trinajstić information content (AvgIpc) is 3.29. The number of aryl methyl sites for hydroxylation is 2. The van der Waals surface area contributed by atoms with Crippen LogP contribution < -0.4 is 10.6 Å². The van der Waals surface area contributed by atoms with Gasteiger partial charge in [0.2, 0.25) is 0 Å². The van der Waals surface area contributed by atoms with Gasteiger partial charge < -0.3 is 15.7 Å². The molecule has 196 valence electrons. The van der Waals surface area contributed by atoms with Gasteiger partial charge in [0.25, 0.3) is 0 Å². The van der Waals surface area contributed by atoms with Crippen LogP contribution in [0.3, 0.4) is 0 Å². The molecule has 2 aromatic heterocycles. The zero-order valence-corrected chi connectivity index (χ0v) is 21.6. The number of hydrogen-bond acceptors (Lipinski definition) is 4. The van der Waals surface area contributed by atoms with Crippen molar-refractivity contribution in [3.8, 4) is 22.6 Å². The van der Waals surface area contributed by atoms with Crippen LogP contribution in [0.1, 0.15) is 43.0 Å². The van der Waals surface area contributed by atoms with E-state index in [0.717, 1.165) is 23.3 Å². The van der Waals surface area contributed by atoms with Crippen molar-refractivity contribution < 1.29 is 18.7 Å². The highest BCUT2D eigenvalue weighted by Crippen LogP contribution is 2.42. The molecule has 38 heavy (non-hydrogen) atoms. The molecule has 0 saturated carbocycles. The van der Waals surface area contributed by atoms with Crippen LogP contribution in [0.25, 0.3) is 22.6 Å². The number of pyridine rings is 1. The smallest absolute Gasteiger partial charge is 0.319 e. The number of carbonyl (C=O) groups excluding carboxylic acids is 1. The molecule has 0 unspecified atom stereocenters. The number of fused-ring (bicyclic) bond motifs is 1. The maximum atomic E-state index is 14.2. The molecule has 0 saturated heterocycles. The van der Waals surface area contributed by atoms with Gasteiger partial charge in [0.1, 0.15) is 5.69 Å². The van der Waals surface area contributed by atoms with Crippen LogP contribution in [-0.4, -0.2) is 32.0 Å². The molecular formula is C29H29F2N5O2. The Bertz CT molecular complexity index is 1520. The maximum Gasteiger partial charge on any atom is 0.319 e. The van der Waals surface area contributed by atoms with Crippen LogP contribution in [0.15, 0.2) is 60.8 Å². The Morgan fingerprint density at radius 1 is 1.08 bits per heavy atom. The molecule has 0 radical (unpaired) electrons. The van der Waals surface area contributed by atoms with Crippen molar-refractivity contribution in [2.24, 2.45) is 7.05 Å². The van der Waals surface area contributed by atoms with Crippen LogP contribution in [0.2, 0.25) is 0 Å². The number of hydrogen-bond donors (Lipinski definition) is 3. The lowest BCUT2D eigenvalue weighted by Gasteiger charge is -2.40. The summed E-state index contributed by atoms with van der Waals surface area (Å²) >= 11 is 0. The van der Waals surface area contributed by atoms with Gasteiger partial charge in [-0.3, -0.25) is 4.68 Å². The fraction of sp³-hybridized carbons (Fsp3) is 0.276. The van der Waals surface area contributed by atoms with Crippen molar-refractivity contribution in [1.82, 2.24) is 20.1 Å². The number of carbonyl (C=O) groups is 1. The molecule has 0 aliphatic heterocycles. The molecule has 2 heterocycles. The SMILES string of the molecule is Cc1cc(NC(=O)N[C@H]2c3cc(F)c(F)cc3C(C)(C)C[C@H]2O)c(-c2ccccc2)nc1-c1ccn(C)n1. The van der Waals surface area contributed by atoms with E-state index in [1.54, 1.807) is 4.68 Å². The topological polar surface area (TPSA) is 92.1 Å². The summed E-state index contributed by atoms with van der Waals surface area (Å²) < 4.78 is 30.0. The minimum absolute atomic E-state index is 0.269. The lowest BCUT2D eigenvalue weighted by Crippen LogP contribution is -2.45. The molecule has 1 aliphatic carbocycles. The van der Waals surface area contributed by atoms with Gasteiger partial charge in [-0.2, -0.15) is 5.10 Å². The fourth-order valence-corrected chi connectivity index (χ4v) is 5.16. The van der Waals surface area contributed by atoms with E-state index >= 15 is 0 Å². The number of benzene rings is 2. The molecule has 9 heteroatoms. The summed E-state index contributed by atoms with van der Waals surface area (Å²) in [6, 6.07) is 13.8. The molecular weight excluding hydrogens is 488 g/mol. The predicted octanol–water partition coefficient (Wildman–Crippen LogP) is 5.64. The van der Waals surface area contributed by atoms with Crippen molar-refractivity contribution in [1.29, 1.82) is 0 Å². The van der Waals surface area contributed by atoms with Crippen molar-refractivity contribution in [2.45, 2.75) is 44.8 Å². The third-order valence-electron chi connectivity index (χ3n) is 7.01. The number of anilines is 1. The standard InChI is InChI=1S/C29H29F2N5O2/c1-16-12-23(26(17-8-6-5-7-9-17)33-25(16)22-10-11-36(4)35-22)32-28(38)34-27-18-13-20(30)21(31)14-19(18)29(2,3)15-24(27)37/h5-14,24,27,37H,15H2,1-4H3,(H2,32,34,38)/t24-,27+/m1/s1. The summed E-state index contributed by atoms with van der Waals surface area (Å²) in [6.45, 7) is 5.59. The fourth-order valence-electron chi connectivity index (χ4n) is 5.16. The number of aliphatic hydroxyl groups excluding tert-OH is 1. The minimum atomic E-state index is -1.03. The maximum absolute atomic E-state index is 14.2. The second-order valence-corrected chi connectivity index (χ2v) is 10.4. The third kappa shape index (κ3) is 4.77. The van der Waals surface area contributed by atoms with E-state index in [1.165, 1.54) is 0 Å². The van der Waals surface area contributed by atoms with Gasteiger partial charge in [-0.15, -0.1) is 0 Å². The Labute approximate surface area is 219 Å². The summed E-state index contributed by atoms with van der Waals surface area (Å²) in [6.07, 6.45) is 1.11. The van der Waals surface area contributed by atoms with E-state index in [-0.39, 0.29) is 6.42 Å². The molecule has 1 aliphatic rings. The highest BCUT2D eigenvalue weighted by molar-refractivity contribution is 5.94. The Kier molecular flexibility index (Phi) is 6.48. The van der Waals surface area contributed by atoms with Crippen LogP contribution >= 0.6 is 0 Å². The molecule has 2 amide bonds. The molecule has 7 nitrogen and oxygen atoms in total. The van der Waals surface area contributed by atoms with Gasteiger partial charge in [-0.25, -0.2) is 18.6 Å². The summed E-state index contributed by atoms with van der Waals surface area (Å²) in [7, 11) is 1.83. The molecule has 0 bridgehead atoms. The normalized spacial score (nSPS) is 18.1. The van der Waals surface area contributed by atoms with E-state index in [2.05, 4.69) is 15.7 Å². The number of nitrogens with one attached hydrogen (secondary N) is 2. The zero-order chi connectivity index (χ0) is 27.2. The second-order valence-electron chi connectivity index (χ2n) is 10.4. The molecule has 3 N–H and O–H groups in total. The Morgan fingerprint density at radius 2 is 1.79 bits per heavy atom. The van der Waals surface area contributed by atoms with Gasteiger partial charge in [-0.05, 0) is 59.7 Å². The average molecular weight is 518 g/mol. The Hall–Kier alpha value is -4.11. The van der Waals surface area contributed by atoms with Crippen LogP contribution in [0.5, 0.6) is 0 Å². The Morgan fingerprint density at radius 3 is 2.47 bits per heavy atom. The predicted molar refractivity (Wildman–Crippen MR) is 142 cm³/mol. The quantitative estimate of drug-likeness (QED) is 0.327. The van der Waals surface area contributed by atoms with Gasteiger partial charge in [0, 0.05) is 18.8 Å². The summed E-state index contributed by atoms with van der Waals surface area (Å²) in [5, 5.41) is 21.0. The first-order chi connectivity index (χ1) is 18.0. The van der Waals surface area contributed by atoms with Crippen molar-refractivity contribution in [3.05, 3.63) is 89.1 Å². The lowest BCUT2D eigenvalue weighted by molar-refractivity contribution is 0.0878. The van der Waals surface area contributed by atoms with Gasteiger partial charge in [-0.1, -0.05) is 44.2 Å². The third-order valence-corrected chi connectivity index (χ3v) is 7.01. The lowest BCUT2D eigenvalue weighted by atomic mass is 9.69. The van der Waals surface area contributed by atoms with Crippen LogP contribution in [0, 0.1) is 18.6 Å². The molecule has 2 aromatic carbocycles. The molecule has 4 aromatic rings. The highest BCUT2D eigenvalue weighted by atomic mass is 19.2. The van der Waals surface area contributed by atoms with Gasteiger partial charge >= 0.3 is 6.03 Å². The highest BCUT2D eigenvalue weighted by Gasteiger charge is 2.40. The first kappa shape index (κ1) is 25.5. The van der Waals surface area contributed by atoms with Crippen molar-refractivity contribution in [3.63, 3.8) is 0 Å². The number of halogens is 2.